The Labute approximate surface area is 174 Å². The van der Waals surface area contributed by atoms with Gasteiger partial charge in [0.05, 0.1) is 6.04 Å². The van der Waals surface area contributed by atoms with Crippen LogP contribution in [0.2, 0.25) is 0 Å². The molecule has 0 radical (unpaired) electrons. The van der Waals surface area contributed by atoms with E-state index in [1.54, 1.807) is 11.9 Å². The molecule has 0 amide bonds. The third kappa shape index (κ3) is 3.68. The fraction of sp³-hybridized carbons (Fsp3) is 0.304. The van der Waals surface area contributed by atoms with E-state index in [2.05, 4.69) is 80.9 Å². The minimum atomic E-state index is -0.726. The van der Waals surface area contributed by atoms with Gasteiger partial charge in [0.1, 0.15) is 6.17 Å². The zero-order chi connectivity index (χ0) is 19.8. The summed E-state index contributed by atoms with van der Waals surface area (Å²) in [5.74, 6) is 0. The molecule has 4 aromatic rings. The van der Waals surface area contributed by atoms with Crippen molar-refractivity contribution < 1.29 is 4.39 Å². The van der Waals surface area contributed by atoms with E-state index in [0.29, 0.717) is 13.0 Å². The molecule has 4 nitrogen and oxygen atoms in total. The fourth-order valence-corrected chi connectivity index (χ4v) is 5.12. The molecule has 1 fully saturated rings. The molecule has 29 heavy (non-hydrogen) atoms. The summed E-state index contributed by atoms with van der Waals surface area (Å²) in [5, 5.41) is 2.47. The number of alkyl halides is 1. The minimum Gasteiger partial charge on any atom is -0.361 e. The molecule has 0 spiro atoms. The first-order valence-corrected chi connectivity index (χ1v) is 10.9. The molecule has 0 bridgehead atoms. The maximum atomic E-state index is 14.0. The summed E-state index contributed by atoms with van der Waals surface area (Å²) >= 11 is 1.64. The normalized spacial score (nSPS) is 18.8. The number of rotatable bonds is 6. The van der Waals surface area contributed by atoms with Crippen LogP contribution in [0.25, 0.3) is 21.8 Å². The third-order valence-corrected chi connectivity index (χ3v) is 6.68. The number of benzene rings is 2. The van der Waals surface area contributed by atoms with Crippen LogP contribution < -0.4 is 4.72 Å². The Hall–Kier alpha value is -2.28. The number of hydrogen-bond donors (Lipinski definition) is 2. The Morgan fingerprint density at radius 1 is 1.24 bits per heavy atom. The van der Waals surface area contributed by atoms with Gasteiger partial charge in [-0.1, -0.05) is 24.3 Å². The van der Waals surface area contributed by atoms with E-state index in [0.717, 1.165) is 18.6 Å². The summed E-state index contributed by atoms with van der Waals surface area (Å²) < 4.78 is 19.7. The van der Waals surface area contributed by atoms with Crippen molar-refractivity contribution >= 4 is 33.8 Å². The average Bonchev–Trinajstić information content (AvgIpc) is 3.45. The number of aryl methyl sites for hydroxylation is 1. The maximum absolute atomic E-state index is 14.0. The lowest BCUT2D eigenvalue weighted by molar-refractivity contribution is 0.225. The highest BCUT2D eigenvalue weighted by Gasteiger charge is 2.30. The molecule has 2 unspecified atom stereocenters. The lowest BCUT2D eigenvalue weighted by Crippen LogP contribution is -2.33. The Balaban J connectivity index is 1.38. The van der Waals surface area contributed by atoms with Crippen molar-refractivity contribution in [1.29, 1.82) is 0 Å². The average molecular weight is 409 g/mol. The summed E-state index contributed by atoms with van der Waals surface area (Å²) in [6.07, 6.45) is 4.07. The molecule has 1 saturated heterocycles. The first kappa shape index (κ1) is 18.7. The van der Waals surface area contributed by atoms with Gasteiger partial charge in [0.15, 0.2) is 0 Å². The molecule has 1 aliphatic rings. The van der Waals surface area contributed by atoms with Crippen molar-refractivity contribution in [3.05, 3.63) is 66.5 Å². The molecule has 0 saturated carbocycles. The summed E-state index contributed by atoms with van der Waals surface area (Å²) in [7, 11) is 2.08. The molecule has 2 atom stereocenters. The SMILES string of the molecule is Cn1cc(C(CNSc2ccc3cc[nH]c3c2)N2CCC(F)C2)c2ccccc21. The number of hydrogen-bond acceptors (Lipinski definition) is 3. The number of aromatic nitrogens is 2. The van der Waals surface area contributed by atoms with Crippen LogP contribution in [-0.2, 0) is 7.05 Å². The van der Waals surface area contributed by atoms with Gasteiger partial charge < -0.3 is 9.55 Å². The van der Waals surface area contributed by atoms with Crippen molar-refractivity contribution in [2.45, 2.75) is 23.5 Å². The highest BCUT2D eigenvalue weighted by atomic mass is 32.2. The largest absolute Gasteiger partial charge is 0.361 e. The summed E-state index contributed by atoms with van der Waals surface area (Å²) in [5.41, 5.74) is 3.63. The second-order valence-corrected chi connectivity index (χ2v) is 8.75. The van der Waals surface area contributed by atoms with Gasteiger partial charge in [-0.05, 0) is 53.6 Å². The van der Waals surface area contributed by atoms with Crippen LogP contribution >= 0.6 is 11.9 Å². The van der Waals surface area contributed by atoms with Crippen molar-refractivity contribution in [2.75, 3.05) is 19.6 Å². The molecule has 2 N–H and O–H groups in total. The molecule has 3 heterocycles. The Kier molecular flexibility index (Phi) is 5.08. The van der Waals surface area contributed by atoms with Gasteiger partial charge in [-0.3, -0.25) is 9.62 Å². The number of nitrogens with zero attached hydrogens (tertiary/aromatic N) is 2. The predicted molar refractivity (Wildman–Crippen MR) is 119 cm³/mol. The first-order chi connectivity index (χ1) is 14.2. The van der Waals surface area contributed by atoms with Crippen LogP contribution in [0, 0.1) is 0 Å². The molecule has 6 heteroatoms. The Morgan fingerprint density at radius 3 is 3.00 bits per heavy atom. The third-order valence-electron chi connectivity index (χ3n) is 5.88. The van der Waals surface area contributed by atoms with Crippen molar-refractivity contribution in [2.24, 2.45) is 7.05 Å². The highest BCUT2D eigenvalue weighted by molar-refractivity contribution is 7.97. The number of likely N-dealkylation sites (tertiary alicyclic amines) is 1. The topological polar surface area (TPSA) is 36.0 Å². The van der Waals surface area contributed by atoms with Crippen LogP contribution in [0.4, 0.5) is 4.39 Å². The van der Waals surface area contributed by atoms with E-state index in [1.807, 2.05) is 6.20 Å². The molecule has 1 aliphatic heterocycles. The summed E-state index contributed by atoms with van der Waals surface area (Å²) in [6.45, 7) is 2.07. The van der Waals surface area contributed by atoms with E-state index >= 15 is 0 Å². The van der Waals surface area contributed by atoms with E-state index in [-0.39, 0.29) is 6.04 Å². The number of fused-ring (bicyclic) bond motifs is 2. The van der Waals surface area contributed by atoms with Crippen LogP contribution in [0.5, 0.6) is 0 Å². The molecule has 150 valence electrons. The maximum Gasteiger partial charge on any atom is 0.114 e. The monoisotopic (exact) mass is 408 g/mol. The van der Waals surface area contributed by atoms with Gasteiger partial charge >= 0.3 is 0 Å². The Bertz CT molecular complexity index is 1130. The second kappa shape index (κ2) is 7.86. The minimum absolute atomic E-state index is 0.142. The number of nitrogens with one attached hydrogen (secondary N) is 2. The summed E-state index contributed by atoms with van der Waals surface area (Å²) in [4.78, 5) is 6.72. The quantitative estimate of drug-likeness (QED) is 0.439. The van der Waals surface area contributed by atoms with E-state index < -0.39 is 6.17 Å². The number of aromatic amines is 1. The van der Waals surface area contributed by atoms with Crippen LogP contribution in [0.3, 0.4) is 0 Å². The highest BCUT2D eigenvalue weighted by Crippen LogP contribution is 2.33. The number of para-hydroxylation sites is 1. The molecule has 2 aromatic carbocycles. The van der Waals surface area contributed by atoms with Gasteiger partial charge in [0, 0.05) is 60.4 Å². The van der Waals surface area contributed by atoms with Gasteiger partial charge in [0.25, 0.3) is 0 Å². The first-order valence-electron chi connectivity index (χ1n) is 10.1. The summed E-state index contributed by atoms with van der Waals surface area (Å²) in [6, 6.07) is 17.1. The van der Waals surface area contributed by atoms with Gasteiger partial charge in [-0.25, -0.2) is 4.39 Å². The van der Waals surface area contributed by atoms with Gasteiger partial charge in [-0.2, -0.15) is 0 Å². The zero-order valence-electron chi connectivity index (χ0n) is 16.4. The van der Waals surface area contributed by atoms with E-state index in [1.165, 1.54) is 26.7 Å². The second-order valence-electron chi connectivity index (χ2n) is 7.79. The van der Waals surface area contributed by atoms with Gasteiger partial charge in [0.2, 0.25) is 0 Å². The predicted octanol–water partition coefficient (Wildman–Crippen LogP) is 5.04. The molecular formula is C23H25FN4S. The van der Waals surface area contributed by atoms with Crippen molar-refractivity contribution in [3.8, 4) is 0 Å². The zero-order valence-corrected chi connectivity index (χ0v) is 17.3. The Morgan fingerprint density at radius 2 is 2.14 bits per heavy atom. The van der Waals surface area contributed by atoms with Gasteiger partial charge in [-0.15, -0.1) is 0 Å². The lowest BCUT2D eigenvalue weighted by Gasteiger charge is -2.27. The molecular weight excluding hydrogens is 383 g/mol. The van der Waals surface area contributed by atoms with E-state index in [4.69, 9.17) is 0 Å². The standard InChI is InChI=1S/C23H25FN4S/c1-27-15-20(19-4-2-3-5-22(19)27)23(28-11-9-17(24)14-28)13-26-29-18-7-6-16-8-10-25-21(16)12-18/h2-8,10,12,15,17,23,25-26H,9,11,13-14H2,1H3. The van der Waals surface area contributed by atoms with Crippen molar-refractivity contribution in [3.63, 3.8) is 0 Å². The molecule has 0 aliphatic carbocycles. The molecule has 2 aromatic heterocycles. The number of halogens is 1. The smallest absolute Gasteiger partial charge is 0.114 e. The van der Waals surface area contributed by atoms with Crippen molar-refractivity contribution in [1.82, 2.24) is 19.2 Å². The molecule has 5 rings (SSSR count). The fourth-order valence-electron chi connectivity index (χ4n) is 4.39. The lowest BCUT2D eigenvalue weighted by atomic mass is 10.0. The number of H-pyrrole nitrogens is 1. The van der Waals surface area contributed by atoms with E-state index in [9.17, 15) is 4.39 Å². The van der Waals surface area contributed by atoms with Crippen LogP contribution in [0.1, 0.15) is 18.0 Å². The van der Waals surface area contributed by atoms with Crippen LogP contribution in [0.15, 0.2) is 65.8 Å². The van der Waals surface area contributed by atoms with Crippen LogP contribution in [-0.4, -0.2) is 40.3 Å².